The van der Waals surface area contributed by atoms with Crippen LogP contribution in [0.2, 0.25) is 5.02 Å². The van der Waals surface area contributed by atoms with E-state index in [1.54, 1.807) is 11.8 Å². The molecular weight excluding hydrogens is 619 g/mol. The molecule has 0 aliphatic carbocycles. The highest BCUT2D eigenvalue weighted by atomic mass is 35.5. The van der Waals surface area contributed by atoms with Crippen molar-refractivity contribution in [3.8, 4) is 29.1 Å². The molecule has 0 radical (unpaired) electrons. The van der Waals surface area contributed by atoms with Gasteiger partial charge in [0.15, 0.2) is 5.82 Å². The van der Waals surface area contributed by atoms with Gasteiger partial charge in [-0.1, -0.05) is 17.5 Å². The number of hydrogen-bond acceptors (Lipinski definition) is 8. The number of nitrogens with zero attached hydrogens (tertiary/aromatic N) is 5. The first-order chi connectivity index (χ1) is 21.2. The van der Waals surface area contributed by atoms with E-state index in [9.17, 15) is 22.7 Å². The summed E-state index contributed by atoms with van der Waals surface area (Å²) in [6.07, 6.45) is -3.01. The Morgan fingerprint density at radius 1 is 1.18 bits per heavy atom. The first kappa shape index (κ1) is 31.5. The van der Waals surface area contributed by atoms with E-state index in [2.05, 4.69) is 26.8 Å². The molecule has 3 atom stereocenters. The molecule has 0 saturated carbocycles. The summed E-state index contributed by atoms with van der Waals surface area (Å²) in [6, 6.07) is 1.65. The van der Waals surface area contributed by atoms with E-state index >= 15 is 4.39 Å². The lowest BCUT2D eigenvalue weighted by Gasteiger charge is -2.38. The minimum absolute atomic E-state index is 0.0420. The fourth-order valence-corrected chi connectivity index (χ4v) is 7.30. The van der Waals surface area contributed by atoms with Crippen molar-refractivity contribution in [2.24, 2.45) is 0 Å². The van der Waals surface area contributed by atoms with E-state index in [0.717, 1.165) is 25.1 Å². The second-order valence-electron chi connectivity index (χ2n) is 12.4. The molecule has 0 spiro atoms. The first-order valence-electron chi connectivity index (χ1n) is 14.7. The normalized spacial score (nSPS) is 25.4. The Balaban J connectivity index is 1.57. The lowest BCUT2D eigenvalue weighted by atomic mass is 9.94. The van der Waals surface area contributed by atoms with Crippen molar-refractivity contribution in [3.05, 3.63) is 34.2 Å². The van der Waals surface area contributed by atoms with Gasteiger partial charge in [-0.15, -0.1) is 0 Å². The SMILES string of the molecule is CC#Cc1nc(-c2cc(N)cc(Cl)c2C(F)(F)F)c(F)c2nc(OC[C@@]34CCCN3C[C@H](F)C4)nc(N3CCC[C@@](C)(O)C3)c12. The van der Waals surface area contributed by atoms with Crippen LogP contribution in [0.3, 0.4) is 0 Å². The molecule has 8 nitrogen and oxygen atoms in total. The number of fused-ring (bicyclic) bond motifs is 2. The smallest absolute Gasteiger partial charge is 0.418 e. The van der Waals surface area contributed by atoms with Gasteiger partial charge in [0.05, 0.1) is 27.1 Å². The summed E-state index contributed by atoms with van der Waals surface area (Å²) in [5.74, 6) is 4.45. The highest BCUT2D eigenvalue weighted by Crippen LogP contribution is 2.45. The van der Waals surface area contributed by atoms with Crippen LogP contribution in [0, 0.1) is 17.7 Å². The molecule has 3 aromatic rings. The maximum atomic E-state index is 16.7. The summed E-state index contributed by atoms with van der Waals surface area (Å²) in [5, 5.41) is 10.2. The Hall–Kier alpha value is -3.47. The van der Waals surface area contributed by atoms with Gasteiger partial charge in [0, 0.05) is 37.3 Å². The molecule has 3 N–H and O–H groups in total. The zero-order valence-electron chi connectivity index (χ0n) is 24.7. The van der Waals surface area contributed by atoms with Crippen LogP contribution in [0.5, 0.6) is 6.01 Å². The van der Waals surface area contributed by atoms with Crippen molar-refractivity contribution in [3.63, 3.8) is 0 Å². The number of rotatable bonds is 5. The van der Waals surface area contributed by atoms with Crippen LogP contribution < -0.4 is 15.4 Å². The maximum absolute atomic E-state index is 16.7. The molecule has 6 rings (SSSR count). The number of β-amino-alcohol motifs (C(OH)–C–C–N with tert-alkyl or cyclic N) is 1. The van der Waals surface area contributed by atoms with Gasteiger partial charge in [-0.05, 0) is 64.1 Å². The van der Waals surface area contributed by atoms with Crippen molar-refractivity contribution >= 4 is 34.0 Å². The van der Waals surface area contributed by atoms with Crippen LogP contribution in [-0.2, 0) is 6.18 Å². The van der Waals surface area contributed by atoms with Gasteiger partial charge < -0.3 is 20.5 Å². The third kappa shape index (κ3) is 5.84. The second kappa shape index (κ2) is 11.4. The van der Waals surface area contributed by atoms with Gasteiger partial charge in [0.1, 0.15) is 35.5 Å². The van der Waals surface area contributed by atoms with E-state index in [0.29, 0.717) is 32.4 Å². The predicted molar refractivity (Wildman–Crippen MR) is 160 cm³/mol. The third-order valence-electron chi connectivity index (χ3n) is 8.85. The molecule has 3 fully saturated rings. The molecule has 45 heavy (non-hydrogen) atoms. The van der Waals surface area contributed by atoms with Gasteiger partial charge in [0.25, 0.3) is 0 Å². The molecule has 2 aromatic heterocycles. The fourth-order valence-electron chi connectivity index (χ4n) is 6.97. The number of aromatic nitrogens is 3. The Morgan fingerprint density at radius 2 is 1.93 bits per heavy atom. The Kier molecular flexibility index (Phi) is 7.98. The number of ether oxygens (including phenoxy) is 1. The Morgan fingerprint density at radius 3 is 2.64 bits per heavy atom. The standard InChI is InChI=1S/C31H32ClF5N6O2/c1-3-6-21-22-26(24(34)25(39-21)19-11-18(38)12-20(32)23(19)31(35,36)37)40-28(41-27(22)42-9-4-7-29(2,44)15-42)45-16-30-8-5-10-43(30)14-17(33)13-30/h11-12,17,44H,4-5,7-10,13-16,38H2,1-2H3/t17-,29-,30+/m1/s1. The average molecular weight is 651 g/mol. The van der Waals surface area contributed by atoms with Gasteiger partial charge in [0.2, 0.25) is 0 Å². The maximum Gasteiger partial charge on any atom is 0.418 e. The topological polar surface area (TPSA) is 101 Å². The van der Waals surface area contributed by atoms with Crippen molar-refractivity contribution in [2.45, 2.75) is 69.4 Å². The predicted octanol–water partition coefficient (Wildman–Crippen LogP) is 5.76. The van der Waals surface area contributed by atoms with Crippen molar-refractivity contribution in [1.82, 2.24) is 19.9 Å². The number of nitrogen functional groups attached to an aromatic ring is 1. The summed E-state index contributed by atoms with van der Waals surface area (Å²) in [6.45, 7) is 4.81. The molecule has 0 bridgehead atoms. The molecule has 14 heteroatoms. The van der Waals surface area contributed by atoms with Crippen molar-refractivity contribution < 1.29 is 31.8 Å². The van der Waals surface area contributed by atoms with Gasteiger partial charge in [-0.2, -0.15) is 23.1 Å². The molecular formula is C31H32ClF5N6O2. The fraction of sp³-hybridized carbons (Fsp3) is 0.516. The molecule has 0 unspecified atom stereocenters. The average Bonchev–Trinajstić information content (AvgIpc) is 3.47. The number of piperidine rings is 1. The summed E-state index contributed by atoms with van der Waals surface area (Å²) < 4.78 is 79.9. The van der Waals surface area contributed by atoms with E-state index < -0.39 is 51.1 Å². The molecule has 1 aromatic carbocycles. The molecule has 240 valence electrons. The van der Waals surface area contributed by atoms with Crippen molar-refractivity contribution in [1.29, 1.82) is 0 Å². The number of hydrogen-bond donors (Lipinski definition) is 2. The summed E-state index contributed by atoms with van der Waals surface area (Å²) in [5.41, 5.74) is 0.958. The number of aliphatic hydroxyl groups is 1. The quantitative estimate of drug-likeness (QED) is 0.204. The Labute approximate surface area is 261 Å². The van der Waals surface area contributed by atoms with Crippen LogP contribution in [0.4, 0.5) is 33.5 Å². The number of pyridine rings is 1. The van der Waals surface area contributed by atoms with Crippen LogP contribution in [-0.4, -0.2) is 75.1 Å². The zero-order valence-corrected chi connectivity index (χ0v) is 25.5. The summed E-state index contributed by atoms with van der Waals surface area (Å²) in [7, 11) is 0. The monoisotopic (exact) mass is 650 g/mol. The van der Waals surface area contributed by atoms with Crippen molar-refractivity contribution in [2.75, 3.05) is 43.4 Å². The molecule has 0 amide bonds. The van der Waals surface area contributed by atoms with E-state index in [1.807, 2.05) is 4.90 Å². The number of alkyl halides is 4. The van der Waals surface area contributed by atoms with Gasteiger partial charge in [-0.25, -0.2) is 13.8 Å². The number of halogens is 6. The third-order valence-corrected chi connectivity index (χ3v) is 9.14. The lowest BCUT2D eigenvalue weighted by molar-refractivity contribution is -0.137. The van der Waals surface area contributed by atoms with Crippen LogP contribution in [0.1, 0.15) is 57.2 Å². The van der Waals surface area contributed by atoms with E-state index in [-0.39, 0.29) is 53.7 Å². The highest BCUT2D eigenvalue weighted by molar-refractivity contribution is 6.32. The molecule has 3 saturated heterocycles. The van der Waals surface area contributed by atoms with E-state index in [4.69, 9.17) is 22.1 Å². The van der Waals surface area contributed by atoms with E-state index in [1.165, 1.54) is 6.92 Å². The molecule has 3 aliphatic rings. The Bertz CT molecular complexity index is 1720. The zero-order chi connectivity index (χ0) is 32.3. The lowest BCUT2D eigenvalue weighted by Crippen LogP contribution is -2.46. The molecule has 3 aliphatic heterocycles. The van der Waals surface area contributed by atoms with Crippen LogP contribution in [0.15, 0.2) is 12.1 Å². The van der Waals surface area contributed by atoms with Gasteiger partial charge >= 0.3 is 12.2 Å². The van der Waals surface area contributed by atoms with Gasteiger partial charge in [-0.3, -0.25) is 4.90 Å². The largest absolute Gasteiger partial charge is 0.461 e. The highest BCUT2D eigenvalue weighted by Gasteiger charge is 2.49. The minimum atomic E-state index is -4.97. The summed E-state index contributed by atoms with van der Waals surface area (Å²) in [4.78, 5) is 17.1. The number of benzene rings is 1. The second-order valence-corrected chi connectivity index (χ2v) is 12.8. The van der Waals surface area contributed by atoms with Crippen LogP contribution >= 0.6 is 11.6 Å². The number of nitrogens with two attached hydrogens (primary N) is 1. The minimum Gasteiger partial charge on any atom is -0.461 e. The summed E-state index contributed by atoms with van der Waals surface area (Å²) >= 11 is 5.99. The number of anilines is 2. The first-order valence-corrected chi connectivity index (χ1v) is 15.1. The van der Waals surface area contributed by atoms with Crippen LogP contribution in [0.25, 0.3) is 22.2 Å². The molecule has 5 heterocycles.